The molecule has 2 aliphatic heterocycles. The summed E-state index contributed by atoms with van der Waals surface area (Å²) in [7, 11) is 0. The first-order valence-corrected chi connectivity index (χ1v) is 12.3. The van der Waals surface area contributed by atoms with Crippen molar-refractivity contribution in [1.29, 1.82) is 0 Å². The number of amides is 1. The maximum atomic E-state index is 13.6. The second-order valence-electron chi connectivity index (χ2n) is 8.52. The van der Waals surface area contributed by atoms with Crippen molar-refractivity contribution in [1.82, 2.24) is 10.3 Å². The molecular weight excluding hydrogens is 547 g/mol. The van der Waals surface area contributed by atoms with E-state index in [9.17, 15) is 9.18 Å². The van der Waals surface area contributed by atoms with Gasteiger partial charge in [0, 0.05) is 39.1 Å². The van der Waals surface area contributed by atoms with Gasteiger partial charge < -0.3 is 16.0 Å². The fourth-order valence-corrected chi connectivity index (χ4v) is 4.83. The minimum Gasteiger partial charge on any atom is -0.343 e. The van der Waals surface area contributed by atoms with E-state index in [2.05, 4.69) is 41.9 Å². The van der Waals surface area contributed by atoms with E-state index in [1.54, 1.807) is 31.3 Å². The van der Waals surface area contributed by atoms with E-state index in [4.69, 9.17) is 16.6 Å². The molecule has 182 valence electrons. The van der Waals surface area contributed by atoms with Crippen LogP contribution in [0, 0.1) is 12.7 Å². The summed E-state index contributed by atoms with van der Waals surface area (Å²) in [5.74, 6) is 0.688. The van der Waals surface area contributed by atoms with Crippen molar-refractivity contribution in [2.24, 2.45) is 9.98 Å². The van der Waals surface area contributed by atoms with Gasteiger partial charge in [0.05, 0.1) is 5.57 Å². The van der Waals surface area contributed by atoms with Crippen molar-refractivity contribution in [2.75, 3.05) is 10.6 Å². The summed E-state index contributed by atoms with van der Waals surface area (Å²) in [5, 5.41) is 9.68. The molecule has 10 heteroatoms. The van der Waals surface area contributed by atoms with Gasteiger partial charge in [0.2, 0.25) is 5.96 Å². The van der Waals surface area contributed by atoms with Crippen LogP contribution in [0.5, 0.6) is 0 Å². The number of rotatable bonds is 3. The molecule has 3 aromatic rings. The number of nitrogens with one attached hydrogen (secondary N) is 3. The Balaban J connectivity index is 1.50. The highest BCUT2D eigenvalue weighted by Crippen LogP contribution is 2.36. The summed E-state index contributed by atoms with van der Waals surface area (Å²) in [6.07, 6.45) is 2.04. The van der Waals surface area contributed by atoms with Crippen LogP contribution in [0.25, 0.3) is 0 Å². The van der Waals surface area contributed by atoms with Crippen LogP contribution >= 0.6 is 27.5 Å². The van der Waals surface area contributed by atoms with Gasteiger partial charge in [0.25, 0.3) is 5.91 Å². The summed E-state index contributed by atoms with van der Waals surface area (Å²) in [5.41, 5.74) is 4.28. The second-order valence-corrected chi connectivity index (χ2v) is 9.84. The van der Waals surface area contributed by atoms with Crippen LogP contribution in [0.3, 0.4) is 0 Å². The Morgan fingerprint density at radius 2 is 2.00 bits per heavy atom. The number of pyridine rings is 1. The lowest BCUT2D eigenvalue weighted by Gasteiger charge is -2.26. The third kappa shape index (κ3) is 5.03. The normalized spacial score (nSPS) is 17.9. The molecule has 1 aromatic heterocycles. The van der Waals surface area contributed by atoms with Crippen molar-refractivity contribution < 1.29 is 9.18 Å². The number of allylic oxidation sites excluding steroid dienone is 1. The summed E-state index contributed by atoms with van der Waals surface area (Å²) >= 11 is 10.0. The first kappa shape index (κ1) is 24.1. The van der Waals surface area contributed by atoms with Crippen LogP contribution in [-0.2, 0) is 11.2 Å². The Kier molecular flexibility index (Phi) is 6.59. The van der Waals surface area contributed by atoms with E-state index < -0.39 is 6.04 Å². The van der Waals surface area contributed by atoms with E-state index in [0.717, 1.165) is 21.3 Å². The number of aromatic nitrogens is 1. The monoisotopic (exact) mass is 566 g/mol. The van der Waals surface area contributed by atoms with Crippen molar-refractivity contribution in [3.63, 3.8) is 0 Å². The number of hydrogen-bond donors (Lipinski definition) is 3. The third-order valence-corrected chi connectivity index (χ3v) is 6.65. The van der Waals surface area contributed by atoms with Crippen molar-refractivity contribution in [2.45, 2.75) is 26.3 Å². The number of amidine groups is 1. The largest absolute Gasteiger partial charge is 0.343 e. The number of anilines is 2. The van der Waals surface area contributed by atoms with Gasteiger partial charge in [-0.2, -0.15) is 4.99 Å². The number of carbonyl (C=O) groups is 1. The number of halogens is 3. The molecule has 0 aliphatic carbocycles. The number of hydrogen-bond acceptors (Lipinski definition) is 5. The molecular formula is C26H21BrClFN6O. The standard InChI is InChI=1S/C26H21BrClFN6O/c1-13-3-5-18(19(28)9-13)24-23(25(36)33-21-12-16(27)7-8-30-21)14(2)31-26(35-24)34-22-11-15-10-17(29)4-6-20(15)32-22/h3-10,12,24H,11H2,1-2H3,(H,30,33,36)(H2,31,32,34,35). The molecule has 0 bridgehead atoms. The SMILES string of the molecule is CC1=C(C(=O)Nc2cc(Br)ccn2)C(c2ccc(C)cc2Cl)N=C(/N=C2/Cc3cc(F)ccc3N2)N1. The number of carbonyl (C=O) groups excluding carboxylic acids is 1. The highest BCUT2D eigenvalue weighted by atomic mass is 79.9. The molecule has 2 aliphatic rings. The van der Waals surface area contributed by atoms with E-state index in [-0.39, 0.29) is 11.7 Å². The van der Waals surface area contributed by atoms with Crippen molar-refractivity contribution in [3.05, 3.63) is 98.0 Å². The molecule has 0 saturated carbocycles. The zero-order valence-electron chi connectivity index (χ0n) is 19.4. The molecule has 0 spiro atoms. The van der Waals surface area contributed by atoms with Crippen LogP contribution in [0.2, 0.25) is 5.02 Å². The van der Waals surface area contributed by atoms with E-state index in [1.165, 1.54) is 12.1 Å². The molecule has 7 nitrogen and oxygen atoms in total. The van der Waals surface area contributed by atoms with Crippen LogP contribution in [-0.4, -0.2) is 22.7 Å². The van der Waals surface area contributed by atoms with Crippen molar-refractivity contribution >= 4 is 56.7 Å². The predicted octanol–water partition coefficient (Wildman–Crippen LogP) is 5.92. The van der Waals surface area contributed by atoms with Gasteiger partial charge in [-0.05, 0) is 61.4 Å². The molecule has 3 heterocycles. The van der Waals surface area contributed by atoms with Gasteiger partial charge in [-0.1, -0.05) is 39.7 Å². The molecule has 0 radical (unpaired) electrons. The van der Waals surface area contributed by atoms with Gasteiger partial charge >= 0.3 is 0 Å². The fourth-order valence-electron chi connectivity index (χ4n) is 4.15. The van der Waals surface area contributed by atoms with E-state index in [1.807, 2.05) is 25.1 Å². The molecule has 0 saturated heterocycles. The summed E-state index contributed by atoms with van der Waals surface area (Å²) in [4.78, 5) is 27.0. The molecule has 5 rings (SSSR count). The zero-order valence-corrected chi connectivity index (χ0v) is 21.7. The summed E-state index contributed by atoms with van der Waals surface area (Å²) in [6, 6.07) is 13.0. The van der Waals surface area contributed by atoms with Crippen LogP contribution in [0.4, 0.5) is 15.9 Å². The smallest absolute Gasteiger partial charge is 0.257 e. The Morgan fingerprint density at radius 1 is 1.17 bits per heavy atom. The number of guanidine groups is 1. The summed E-state index contributed by atoms with van der Waals surface area (Å²) < 4.78 is 14.4. The highest BCUT2D eigenvalue weighted by molar-refractivity contribution is 9.10. The minimum atomic E-state index is -0.702. The average molecular weight is 568 g/mol. The number of aryl methyl sites for hydroxylation is 1. The van der Waals surface area contributed by atoms with Crippen molar-refractivity contribution in [3.8, 4) is 0 Å². The van der Waals surface area contributed by atoms with Gasteiger partial charge in [0.1, 0.15) is 23.5 Å². The number of fused-ring (bicyclic) bond motifs is 1. The lowest BCUT2D eigenvalue weighted by atomic mass is 9.95. The second kappa shape index (κ2) is 9.83. The van der Waals surface area contributed by atoms with E-state index >= 15 is 0 Å². The number of aliphatic imine (C=N–C) groups is 2. The van der Waals surface area contributed by atoms with Crippen LogP contribution in [0.1, 0.15) is 29.7 Å². The van der Waals surface area contributed by atoms with Crippen LogP contribution in [0.15, 0.2) is 80.5 Å². The highest BCUT2D eigenvalue weighted by Gasteiger charge is 2.31. The quantitative estimate of drug-likeness (QED) is 0.366. The Hall–Kier alpha value is -3.56. The Labute approximate surface area is 220 Å². The molecule has 36 heavy (non-hydrogen) atoms. The predicted molar refractivity (Wildman–Crippen MR) is 144 cm³/mol. The maximum Gasteiger partial charge on any atom is 0.257 e. The zero-order chi connectivity index (χ0) is 25.4. The molecule has 1 unspecified atom stereocenters. The van der Waals surface area contributed by atoms with Gasteiger partial charge in [-0.15, -0.1) is 0 Å². The topological polar surface area (TPSA) is 90.8 Å². The lowest BCUT2D eigenvalue weighted by molar-refractivity contribution is -0.113. The van der Waals surface area contributed by atoms with Crippen LogP contribution < -0.4 is 16.0 Å². The lowest BCUT2D eigenvalue weighted by Crippen LogP contribution is -2.33. The first-order valence-electron chi connectivity index (χ1n) is 11.1. The Morgan fingerprint density at radius 3 is 2.78 bits per heavy atom. The maximum absolute atomic E-state index is 13.6. The minimum absolute atomic E-state index is 0.298. The third-order valence-electron chi connectivity index (χ3n) is 5.83. The fraction of sp³-hybridized carbons (Fsp3) is 0.154. The molecule has 0 fully saturated rings. The first-order chi connectivity index (χ1) is 17.3. The van der Waals surface area contributed by atoms with Gasteiger partial charge in [0.15, 0.2) is 0 Å². The average Bonchev–Trinajstić information content (AvgIpc) is 3.19. The molecule has 2 aromatic carbocycles. The Bertz CT molecular complexity index is 1490. The number of nitrogens with zero attached hydrogens (tertiary/aromatic N) is 3. The molecule has 1 atom stereocenters. The van der Waals surface area contributed by atoms with E-state index in [0.29, 0.717) is 45.9 Å². The summed E-state index contributed by atoms with van der Waals surface area (Å²) in [6.45, 7) is 3.73. The van der Waals surface area contributed by atoms with Gasteiger partial charge in [-0.25, -0.2) is 14.4 Å². The molecule has 3 N–H and O–H groups in total. The molecule has 1 amide bonds. The number of benzene rings is 2. The van der Waals surface area contributed by atoms with Gasteiger partial charge in [-0.3, -0.25) is 4.79 Å².